The molecule has 3 aliphatic carbocycles. The fraction of sp³-hybridized carbons (Fsp3) is 0.355. The monoisotopic (exact) mass is 404 g/mol. The Hall–Kier alpha value is -2.60. The fourth-order valence-electron chi connectivity index (χ4n) is 7.04. The minimum atomic E-state index is 0.565. The molecule has 31 heavy (non-hydrogen) atoms. The second-order valence-corrected chi connectivity index (χ2v) is 9.94. The Bertz CT molecular complexity index is 1070. The summed E-state index contributed by atoms with van der Waals surface area (Å²) in [5.74, 6) is 3.17. The van der Waals surface area contributed by atoms with Gasteiger partial charge in [-0.15, -0.1) is 0 Å². The third-order valence-electron chi connectivity index (χ3n) is 8.36. The molecule has 1 fully saturated rings. The van der Waals surface area contributed by atoms with Crippen LogP contribution >= 0.6 is 0 Å². The lowest BCUT2D eigenvalue weighted by molar-refractivity contribution is 0.237. The molecule has 0 nitrogen and oxygen atoms in total. The van der Waals surface area contributed by atoms with Crippen LogP contribution in [-0.2, 0) is 6.42 Å². The Labute approximate surface area is 187 Å². The molecule has 0 radical (unpaired) electrons. The van der Waals surface area contributed by atoms with E-state index in [-0.39, 0.29) is 0 Å². The summed E-state index contributed by atoms with van der Waals surface area (Å²) < 4.78 is 0. The van der Waals surface area contributed by atoms with Crippen LogP contribution in [0.4, 0.5) is 0 Å². The van der Waals surface area contributed by atoms with Crippen LogP contribution in [0.1, 0.15) is 77.7 Å². The van der Waals surface area contributed by atoms with Crippen molar-refractivity contribution in [1.82, 2.24) is 0 Å². The largest absolute Gasteiger partial charge is 0.0796 e. The van der Waals surface area contributed by atoms with E-state index in [1.54, 1.807) is 16.7 Å². The van der Waals surface area contributed by atoms with Crippen LogP contribution in [0, 0.1) is 11.8 Å². The van der Waals surface area contributed by atoms with E-state index in [2.05, 4.69) is 91.0 Å². The molecule has 0 heteroatoms. The SMILES string of the molecule is C1=CC(C2c3ccccc3CC2c2ccccc2)C(C2CCCCC2)c2ccccc21. The molecule has 4 atom stereocenters. The van der Waals surface area contributed by atoms with Crippen LogP contribution in [0.25, 0.3) is 6.08 Å². The van der Waals surface area contributed by atoms with Crippen LogP contribution < -0.4 is 0 Å². The molecule has 0 amide bonds. The molecule has 0 aliphatic heterocycles. The van der Waals surface area contributed by atoms with Gasteiger partial charge in [-0.3, -0.25) is 0 Å². The summed E-state index contributed by atoms with van der Waals surface area (Å²) in [5.41, 5.74) is 7.75. The third-order valence-corrected chi connectivity index (χ3v) is 8.36. The Balaban J connectivity index is 1.48. The number of allylic oxidation sites excluding steroid dienone is 1. The molecule has 0 aromatic heterocycles. The van der Waals surface area contributed by atoms with Crippen molar-refractivity contribution < 1.29 is 0 Å². The minimum Gasteiger partial charge on any atom is -0.0796 e. The van der Waals surface area contributed by atoms with Gasteiger partial charge in [0.25, 0.3) is 0 Å². The van der Waals surface area contributed by atoms with Gasteiger partial charge in [0.15, 0.2) is 0 Å². The van der Waals surface area contributed by atoms with E-state index in [4.69, 9.17) is 0 Å². The van der Waals surface area contributed by atoms with E-state index >= 15 is 0 Å². The van der Waals surface area contributed by atoms with Gasteiger partial charge >= 0.3 is 0 Å². The predicted octanol–water partition coefficient (Wildman–Crippen LogP) is 8.12. The number of fused-ring (bicyclic) bond motifs is 2. The molecule has 4 unspecified atom stereocenters. The highest BCUT2D eigenvalue weighted by molar-refractivity contribution is 5.60. The number of rotatable bonds is 3. The van der Waals surface area contributed by atoms with Gasteiger partial charge in [0.1, 0.15) is 0 Å². The quantitative estimate of drug-likeness (QED) is 0.413. The lowest BCUT2D eigenvalue weighted by Crippen LogP contribution is -2.30. The second kappa shape index (κ2) is 8.15. The Morgan fingerprint density at radius 1 is 0.613 bits per heavy atom. The van der Waals surface area contributed by atoms with Crippen molar-refractivity contribution >= 4 is 6.08 Å². The fourth-order valence-corrected chi connectivity index (χ4v) is 7.04. The van der Waals surface area contributed by atoms with Gasteiger partial charge in [-0.1, -0.05) is 110 Å². The molecular weight excluding hydrogens is 372 g/mol. The molecule has 6 rings (SSSR count). The van der Waals surface area contributed by atoms with E-state index in [1.165, 1.54) is 49.7 Å². The summed E-state index contributed by atoms with van der Waals surface area (Å²) in [6.45, 7) is 0. The molecule has 0 spiro atoms. The average molecular weight is 405 g/mol. The Morgan fingerprint density at radius 3 is 2.16 bits per heavy atom. The van der Waals surface area contributed by atoms with Gasteiger partial charge < -0.3 is 0 Å². The van der Waals surface area contributed by atoms with Crippen LogP contribution in [0.2, 0.25) is 0 Å². The summed E-state index contributed by atoms with van der Waals surface area (Å²) in [7, 11) is 0. The van der Waals surface area contributed by atoms with Crippen LogP contribution in [0.3, 0.4) is 0 Å². The van der Waals surface area contributed by atoms with E-state index in [1.807, 2.05) is 0 Å². The van der Waals surface area contributed by atoms with Crippen molar-refractivity contribution in [2.24, 2.45) is 11.8 Å². The van der Waals surface area contributed by atoms with Crippen LogP contribution in [0.5, 0.6) is 0 Å². The predicted molar refractivity (Wildman–Crippen MR) is 130 cm³/mol. The Kier molecular flexibility index (Phi) is 5.03. The normalized spacial score (nSPS) is 27.6. The molecule has 0 heterocycles. The highest BCUT2D eigenvalue weighted by Gasteiger charge is 2.44. The topological polar surface area (TPSA) is 0 Å². The van der Waals surface area contributed by atoms with E-state index < -0.39 is 0 Å². The van der Waals surface area contributed by atoms with E-state index in [0.29, 0.717) is 23.7 Å². The highest BCUT2D eigenvalue weighted by atomic mass is 14.5. The molecule has 3 aromatic rings. The van der Waals surface area contributed by atoms with Crippen molar-refractivity contribution in [1.29, 1.82) is 0 Å². The van der Waals surface area contributed by atoms with Crippen molar-refractivity contribution in [3.05, 3.63) is 113 Å². The highest BCUT2D eigenvalue weighted by Crippen LogP contribution is 2.56. The second-order valence-electron chi connectivity index (χ2n) is 9.94. The third kappa shape index (κ3) is 3.37. The molecule has 3 aromatic carbocycles. The maximum atomic E-state index is 2.60. The number of benzene rings is 3. The van der Waals surface area contributed by atoms with E-state index in [9.17, 15) is 0 Å². The zero-order chi connectivity index (χ0) is 20.6. The van der Waals surface area contributed by atoms with Crippen molar-refractivity contribution in [3.8, 4) is 0 Å². The summed E-state index contributed by atoms with van der Waals surface area (Å²) in [6, 6.07) is 29.8. The van der Waals surface area contributed by atoms with Gasteiger partial charge in [0, 0.05) is 0 Å². The summed E-state index contributed by atoms with van der Waals surface area (Å²) >= 11 is 0. The zero-order valence-electron chi connectivity index (χ0n) is 18.3. The molecule has 0 bridgehead atoms. The summed E-state index contributed by atoms with van der Waals surface area (Å²) in [6.07, 6.45) is 13.2. The molecule has 0 saturated heterocycles. The van der Waals surface area contributed by atoms with Gasteiger partial charge in [-0.05, 0) is 76.7 Å². The summed E-state index contributed by atoms with van der Waals surface area (Å²) in [4.78, 5) is 0. The molecule has 0 N–H and O–H groups in total. The molecule has 156 valence electrons. The average Bonchev–Trinajstić information content (AvgIpc) is 3.24. The first kappa shape index (κ1) is 19.1. The smallest absolute Gasteiger partial charge is 0.00182 e. The number of hydrogen-bond donors (Lipinski definition) is 0. The maximum absolute atomic E-state index is 2.60. The zero-order valence-corrected chi connectivity index (χ0v) is 18.3. The van der Waals surface area contributed by atoms with Gasteiger partial charge in [-0.25, -0.2) is 0 Å². The standard InChI is InChI=1S/C31H32/c1-3-11-22(12-4-1)29-21-25-16-8-10-18-27(25)31(29)28-20-19-23-13-7-9-17-26(23)30(28)24-14-5-2-6-15-24/h1,3-4,7-13,16-20,24,28-31H,2,5-6,14-15,21H2. The van der Waals surface area contributed by atoms with Crippen LogP contribution in [-0.4, -0.2) is 0 Å². The van der Waals surface area contributed by atoms with Crippen LogP contribution in [0.15, 0.2) is 84.9 Å². The first-order valence-corrected chi connectivity index (χ1v) is 12.3. The molecular formula is C31H32. The van der Waals surface area contributed by atoms with E-state index in [0.717, 1.165) is 5.92 Å². The number of hydrogen-bond acceptors (Lipinski definition) is 0. The van der Waals surface area contributed by atoms with Gasteiger partial charge in [-0.2, -0.15) is 0 Å². The van der Waals surface area contributed by atoms with Crippen molar-refractivity contribution in [2.75, 3.05) is 0 Å². The minimum absolute atomic E-state index is 0.565. The van der Waals surface area contributed by atoms with Crippen molar-refractivity contribution in [2.45, 2.75) is 56.3 Å². The lowest BCUT2D eigenvalue weighted by Gasteiger charge is -2.42. The first-order valence-electron chi connectivity index (χ1n) is 12.3. The molecule has 1 saturated carbocycles. The first-order chi connectivity index (χ1) is 15.4. The lowest BCUT2D eigenvalue weighted by atomic mass is 9.62. The van der Waals surface area contributed by atoms with Gasteiger partial charge in [0.2, 0.25) is 0 Å². The maximum Gasteiger partial charge on any atom is -0.00182 e. The summed E-state index contributed by atoms with van der Waals surface area (Å²) in [5, 5.41) is 0. The molecule has 3 aliphatic rings. The van der Waals surface area contributed by atoms with Crippen molar-refractivity contribution in [3.63, 3.8) is 0 Å². The van der Waals surface area contributed by atoms with Gasteiger partial charge in [0.05, 0.1) is 0 Å². The Morgan fingerprint density at radius 2 is 1.32 bits per heavy atom.